The first-order chi connectivity index (χ1) is 10.2. The van der Waals surface area contributed by atoms with E-state index in [4.69, 9.17) is 14.9 Å². The molecule has 0 unspecified atom stereocenters. The van der Waals surface area contributed by atoms with Crippen molar-refractivity contribution in [2.24, 2.45) is 0 Å². The first kappa shape index (κ1) is 15.8. The lowest BCUT2D eigenvalue weighted by atomic mass is 10.1. The molecule has 0 aliphatic heterocycles. The van der Waals surface area contributed by atoms with Gasteiger partial charge in [-0.25, -0.2) is 4.98 Å². The van der Waals surface area contributed by atoms with Crippen molar-refractivity contribution in [2.75, 3.05) is 26.0 Å². The van der Waals surface area contributed by atoms with Gasteiger partial charge in [0, 0.05) is 19.7 Å². The number of methoxy groups -OCH3 is 1. The van der Waals surface area contributed by atoms with Crippen molar-refractivity contribution in [2.45, 2.75) is 39.3 Å². The van der Waals surface area contributed by atoms with Crippen LogP contribution in [-0.4, -0.2) is 36.2 Å². The number of rotatable bonds is 8. The zero-order chi connectivity index (χ0) is 15.2. The van der Waals surface area contributed by atoms with Crippen LogP contribution in [0, 0.1) is 0 Å². The molecule has 2 rings (SSSR count). The number of para-hydroxylation sites is 1. The molecule has 0 aliphatic carbocycles. The Morgan fingerprint density at radius 3 is 2.71 bits per heavy atom. The predicted molar refractivity (Wildman–Crippen MR) is 85.1 cm³/mol. The molecule has 5 nitrogen and oxygen atoms in total. The minimum Gasteiger partial charge on any atom is -0.439 e. The number of nitrogens with zero attached hydrogens (tertiary/aromatic N) is 2. The molecule has 116 valence electrons. The molecule has 0 fully saturated rings. The van der Waals surface area contributed by atoms with Crippen LogP contribution < -0.4 is 5.73 Å². The summed E-state index contributed by atoms with van der Waals surface area (Å²) in [6, 6.07) is 6.14. The summed E-state index contributed by atoms with van der Waals surface area (Å²) in [6.45, 7) is 6.68. The van der Waals surface area contributed by atoms with Crippen LogP contribution in [0.15, 0.2) is 22.6 Å². The molecule has 1 aromatic carbocycles. The van der Waals surface area contributed by atoms with Gasteiger partial charge in [0.1, 0.15) is 5.52 Å². The van der Waals surface area contributed by atoms with Gasteiger partial charge in [0.2, 0.25) is 5.89 Å². The fourth-order valence-corrected chi connectivity index (χ4v) is 2.66. The van der Waals surface area contributed by atoms with Gasteiger partial charge in [-0.15, -0.1) is 0 Å². The van der Waals surface area contributed by atoms with E-state index >= 15 is 0 Å². The number of ether oxygens (including phenoxy) is 1. The Bertz CT molecular complexity index is 564. The molecule has 0 radical (unpaired) electrons. The number of nitrogen functional groups attached to an aromatic ring is 1. The maximum absolute atomic E-state index is 5.94. The maximum Gasteiger partial charge on any atom is 0.209 e. The van der Waals surface area contributed by atoms with Crippen molar-refractivity contribution in [1.82, 2.24) is 9.88 Å². The maximum atomic E-state index is 5.94. The Morgan fingerprint density at radius 2 is 2.10 bits per heavy atom. The van der Waals surface area contributed by atoms with Crippen molar-refractivity contribution in [3.8, 4) is 0 Å². The topological polar surface area (TPSA) is 64.5 Å². The Balaban J connectivity index is 2.18. The van der Waals surface area contributed by atoms with Gasteiger partial charge in [0.25, 0.3) is 0 Å². The second kappa shape index (κ2) is 7.43. The van der Waals surface area contributed by atoms with E-state index in [0.29, 0.717) is 30.8 Å². The van der Waals surface area contributed by atoms with E-state index in [1.807, 2.05) is 18.2 Å². The standard InChI is InChI=1S/C16H25N3O2/c1-4-12(5-2)19(9-10-20-3)11-15-18-16-13(17)7-6-8-14(16)21-15/h6-8,12H,4-5,9-11,17H2,1-3H3. The number of nitrogens with two attached hydrogens (primary N) is 1. The van der Waals surface area contributed by atoms with Gasteiger partial charge in [-0.2, -0.15) is 0 Å². The normalized spacial score (nSPS) is 11.9. The van der Waals surface area contributed by atoms with Gasteiger partial charge in [-0.3, -0.25) is 4.90 Å². The molecule has 0 atom stereocenters. The molecule has 2 N–H and O–H groups in total. The SMILES string of the molecule is CCC(CC)N(CCOC)Cc1nc2c(N)cccc2o1. The molecule has 0 saturated heterocycles. The molecular formula is C16H25N3O2. The third kappa shape index (κ3) is 3.74. The van der Waals surface area contributed by atoms with E-state index in [2.05, 4.69) is 23.7 Å². The van der Waals surface area contributed by atoms with Gasteiger partial charge in [-0.05, 0) is 25.0 Å². The highest BCUT2D eigenvalue weighted by atomic mass is 16.5. The number of fused-ring (bicyclic) bond motifs is 1. The average Bonchev–Trinajstić information content (AvgIpc) is 2.90. The highest BCUT2D eigenvalue weighted by Crippen LogP contribution is 2.22. The van der Waals surface area contributed by atoms with Crippen LogP contribution in [-0.2, 0) is 11.3 Å². The highest BCUT2D eigenvalue weighted by Gasteiger charge is 2.18. The molecular weight excluding hydrogens is 266 g/mol. The zero-order valence-electron chi connectivity index (χ0n) is 13.1. The van der Waals surface area contributed by atoms with Gasteiger partial charge < -0.3 is 14.9 Å². The fourth-order valence-electron chi connectivity index (χ4n) is 2.66. The van der Waals surface area contributed by atoms with Gasteiger partial charge in [0.15, 0.2) is 5.58 Å². The van der Waals surface area contributed by atoms with E-state index < -0.39 is 0 Å². The second-order valence-electron chi connectivity index (χ2n) is 5.24. The third-order valence-electron chi connectivity index (χ3n) is 3.87. The molecule has 0 aliphatic rings. The summed E-state index contributed by atoms with van der Waals surface area (Å²) < 4.78 is 11.0. The van der Waals surface area contributed by atoms with E-state index in [0.717, 1.165) is 30.5 Å². The number of anilines is 1. The van der Waals surface area contributed by atoms with Crippen LogP contribution in [0.3, 0.4) is 0 Å². The number of benzene rings is 1. The van der Waals surface area contributed by atoms with Crippen molar-refractivity contribution < 1.29 is 9.15 Å². The second-order valence-corrected chi connectivity index (χ2v) is 5.24. The highest BCUT2D eigenvalue weighted by molar-refractivity contribution is 5.85. The molecule has 0 amide bonds. The van der Waals surface area contributed by atoms with Crippen LogP contribution in [0.5, 0.6) is 0 Å². The summed E-state index contributed by atoms with van der Waals surface area (Å²) in [5, 5.41) is 0. The third-order valence-corrected chi connectivity index (χ3v) is 3.87. The summed E-state index contributed by atoms with van der Waals surface area (Å²) in [5.74, 6) is 0.714. The zero-order valence-corrected chi connectivity index (χ0v) is 13.1. The summed E-state index contributed by atoms with van der Waals surface area (Å²) in [7, 11) is 1.73. The number of oxazole rings is 1. The lowest BCUT2D eigenvalue weighted by Gasteiger charge is -2.28. The minimum absolute atomic E-state index is 0.507. The van der Waals surface area contributed by atoms with Gasteiger partial charge in [-0.1, -0.05) is 19.9 Å². The molecule has 1 heterocycles. The van der Waals surface area contributed by atoms with Crippen LogP contribution in [0.4, 0.5) is 5.69 Å². The van der Waals surface area contributed by atoms with E-state index in [1.165, 1.54) is 0 Å². The van der Waals surface area contributed by atoms with E-state index in [9.17, 15) is 0 Å². The van der Waals surface area contributed by atoms with Crippen molar-refractivity contribution in [3.63, 3.8) is 0 Å². The van der Waals surface area contributed by atoms with Crippen LogP contribution in [0.25, 0.3) is 11.1 Å². The molecule has 0 spiro atoms. The number of aromatic nitrogens is 1. The summed E-state index contributed by atoms with van der Waals surface area (Å²) >= 11 is 0. The van der Waals surface area contributed by atoms with Crippen molar-refractivity contribution in [3.05, 3.63) is 24.1 Å². The fraction of sp³-hybridized carbons (Fsp3) is 0.562. The first-order valence-electron chi connectivity index (χ1n) is 7.56. The van der Waals surface area contributed by atoms with E-state index in [-0.39, 0.29) is 0 Å². The molecule has 2 aromatic rings. The lowest BCUT2D eigenvalue weighted by molar-refractivity contribution is 0.103. The number of hydrogen-bond donors (Lipinski definition) is 1. The predicted octanol–water partition coefficient (Wildman–Crippen LogP) is 3.05. The van der Waals surface area contributed by atoms with Gasteiger partial charge >= 0.3 is 0 Å². The van der Waals surface area contributed by atoms with Crippen LogP contribution in [0.2, 0.25) is 0 Å². The van der Waals surface area contributed by atoms with Crippen molar-refractivity contribution >= 4 is 16.8 Å². The molecule has 1 aromatic heterocycles. The summed E-state index contributed by atoms with van der Waals surface area (Å²) in [6.07, 6.45) is 2.20. The Labute approximate surface area is 126 Å². The van der Waals surface area contributed by atoms with Crippen molar-refractivity contribution in [1.29, 1.82) is 0 Å². The quantitative estimate of drug-likeness (QED) is 0.757. The summed E-state index contributed by atoms with van der Waals surface area (Å²) in [4.78, 5) is 6.90. The largest absolute Gasteiger partial charge is 0.439 e. The smallest absolute Gasteiger partial charge is 0.209 e. The lowest BCUT2D eigenvalue weighted by Crippen LogP contribution is -2.36. The Hall–Kier alpha value is -1.59. The Morgan fingerprint density at radius 1 is 1.33 bits per heavy atom. The van der Waals surface area contributed by atoms with Crippen LogP contribution >= 0.6 is 0 Å². The number of hydrogen-bond acceptors (Lipinski definition) is 5. The molecule has 5 heteroatoms. The van der Waals surface area contributed by atoms with E-state index in [1.54, 1.807) is 7.11 Å². The van der Waals surface area contributed by atoms with Crippen LogP contribution in [0.1, 0.15) is 32.6 Å². The molecule has 21 heavy (non-hydrogen) atoms. The average molecular weight is 291 g/mol. The minimum atomic E-state index is 0.507. The first-order valence-corrected chi connectivity index (χ1v) is 7.56. The monoisotopic (exact) mass is 291 g/mol. The molecule has 0 saturated carbocycles. The summed E-state index contributed by atoms with van der Waals surface area (Å²) in [5.41, 5.74) is 8.10. The van der Waals surface area contributed by atoms with Gasteiger partial charge in [0.05, 0.1) is 18.8 Å². The Kier molecular flexibility index (Phi) is 5.59. The molecule has 0 bridgehead atoms.